The summed E-state index contributed by atoms with van der Waals surface area (Å²) in [6.07, 6.45) is 0. The van der Waals surface area contributed by atoms with Crippen molar-refractivity contribution in [3.05, 3.63) is 47.5 Å². The Morgan fingerprint density at radius 3 is 2.72 bits per heavy atom. The maximum Gasteiger partial charge on any atom is 0.337 e. The van der Waals surface area contributed by atoms with Crippen molar-refractivity contribution >= 4 is 27.7 Å². The van der Waals surface area contributed by atoms with Crippen LogP contribution in [0, 0.1) is 0 Å². The fourth-order valence-corrected chi connectivity index (χ4v) is 2.50. The summed E-state index contributed by atoms with van der Waals surface area (Å²) in [5, 5.41) is 9.22. The van der Waals surface area contributed by atoms with E-state index in [1.165, 1.54) is 11.3 Å². The molecule has 0 aliphatic carbocycles. The Labute approximate surface area is 107 Å². The Morgan fingerprint density at radius 2 is 2.00 bits per heavy atom. The summed E-state index contributed by atoms with van der Waals surface area (Å²) in [7, 11) is 0. The van der Waals surface area contributed by atoms with Gasteiger partial charge in [0.15, 0.2) is 5.65 Å². The second kappa shape index (κ2) is 4.19. The zero-order valence-electron chi connectivity index (χ0n) is 9.20. The van der Waals surface area contributed by atoms with Gasteiger partial charge in [-0.15, -0.1) is 11.3 Å². The molecule has 2 heterocycles. The van der Waals surface area contributed by atoms with E-state index in [9.17, 15) is 9.90 Å². The maximum atomic E-state index is 11.2. The van der Waals surface area contributed by atoms with Crippen molar-refractivity contribution in [1.29, 1.82) is 0 Å². The van der Waals surface area contributed by atoms with Crippen LogP contribution in [0.3, 0.4) is 0 Å². The first-order chi connectivity index (χ1) is 8.75. The van der Waals surface area contributed by atoms with Gasteiger partial charge in [0, 0.05) is 5.56 Å². The number of hydrogen-bond donors (Lipinski definition) is 1. The first-order valence-corrected chi connectivity index (χ1v) is 6.16. The number of carboxylic acid groups (broad SMARTS) is 1. The van der Waals surface area contributed by atoms with Crippen molar-refractivity contribution in [2.24, 2.45) is 0 Å². The molecule has 0 unspecified atom stereocenters. The SMILES string of the molecule is O=C(O)c1cc(-c2ccccc2)nc2ncsc12. The Balaban J connectivity index is 2.29. The number of pyridine rings is 1. The van der Waals surface area contributed by atoms with E-state index in [0.29, 0.717) is 16.0 Å². The minimum absolute atomic E-state index is 0.251. The van der Waals surface area contributed by atoms with Crippen LogP contribution in [0.1, 0.15) is 10.4 Å². The first-order valence-electron chi connectivity index (χ1n) is 5.28. The number of benzene rings is 1. The highest BCUT2D eigenvalue weighted by Crippen LogP contribution is 2.26. The number of aromatic nitrogens is 2. The average molecular weight is 256 g/mol. The molecule has 1 N–H and O–H groups in total. The van der Waals surface area contributed by atoms with Crippen LogP contribution < -0.4 is 0 Å². The average Bonchev–Trinajstić information content (AvgIpc) is 2.86. The van der Waals surface area contributed by atoms with Crippen molar-refractivity contribution in [3.63, 3.8) is 0 Å². The van der Waals surface area contributed by atoms with Gasteiger partial charge >= 0.3 is 5.97 Å². The van der Waals surface area contributed by atoms with Crippen molar-refractivity contribution < 1.29 is 9.90 Å². The lowest BCUT2D eigenvalue weighted by Crippen LogP contribution is -1.98. The van der Waals surface area contributed by atoms with Gasteiger partial charge in [0.2, 0.25) is 0 Å². The molecule has 0 atom stereocenters. The molecule has 0 aliphatic heterocycles. The molecule has 88 valence electrons. The van der Waals surface area contributed by atoms with Gasteiger partial charge in [-0.3, -0.25) is 0 Å². The third-order valence-corrected chi connectivity index (χ3v) is 3.45. The zero-order valence-corrected chi connectivity index (χ0v) is 10.0. The largest absolute Gasteiger partial charge is 0.478 e. The predicted octanol–water partition coefficient (Wildman–Crippen LogP) is 3.06. The lowest BCUT2D eigenvalue weighted by molar-refractivity contribution is 0.0699. The van der Waals surface area contributed by atoms with E-state index in [4.69, 9.17) is 0 Å². The molecule has 0 fully saturated rings. The fraction of sp³-hybridized carbons (Fsp3) is 0. The van der Waals surface area contributed by atoms with E-state index in [1.807, 2.05) is 30.3 Å². The van der Waals surface area contributed by atoms with Gasteiger partial charge in [0.1, 0.15) is 0 Å². The van der Waals surface area contributed by atoms with Crippen LogP contribution in [-0.4, -0.2) is 21.0 Å². The summed E-state index contributed by atoms with van der Waals surface area (Å²) in [5.74, 6) is -0.955. The van der Waals surface area contributed by atoms with E-state index >= 15 is 0 Å². The van der Waals surface area contributed by atoms with Crippen LogP contribution in [0.15, 0.2) is 41.9 Å². The summed E-state index contributed by atoms with van der Waals surface area (Å²) in [6, 6.07) is 11.1. The highest BCUT2D eigenvalue weighted by atomic mass is 32.1. The number of thiazole rings is 1. The second-order valence-electron chi connectivity index (χ2n) is 3.73. The molecule has 0 bridgehead atoms. The summed E-state index contributed by atoms with van der Waals surface area (Å²) < 4.78 is 0.613. The summed E-state index contributed by atoms with van der Waals surface area (Å²) in [4.78, 5) is 19.7. The van der Waals surface area contributed by atoms with Crippen LogP contribution in [0.2, 0.25) is 0 Å². The number of nitrogens with zero attached hydrogens (tertiary/aromatic N) is 2. The minimum atomic E-state index is -0.955. The van der Waals surface area contributed by atoms with E-state index < -0.39 is 5.97 Å². The molecular formula is C13H8N2O2S. The molecule has 0 amide bonds. The third kappa shape index (κ3) is 1.74. The highest BCUT2D eigenvalue weighted by molar-refractivity contribution is 7.17. The number of fused-ring (bicyclic) bond motifs is 1. The lowest BCUT2D eigenvalue weighted by atomic mass is 10.1. The van der Waals surface area contributed by atoms with Crippen molar-refractivity contribution in [2.45, 2.75) is 0 Å². The normalized spacial score (nSPS) is 10.7. The van der Waals surface area contributed by atoms with Gasteiger partial charge < -0.3 is 5.11 Å². The van der Waals surface area contributed by atoms with Crippen LogP contribution in [0.5, 0.6) is 0 Å². The standard InChI is InChI=1S/C13H8N2O2S/c16-13(17)9-6-10(8-4-2-1-3-5-8)15-12-11(9)18-7-14-12/h1-7H,(H,16,17). The molecular weight excluding hydrogens is 248 g/mol. The van der Waals surface area contributed by atoms with Crippen LogP contribution >= 0.6 is 11.3 Å². The fourth-order valence-electron chi connectivity index (χ4n) is 1.77. The number of hydrogen-bond acceptors (Lipinski definition) is 4. The van der Waals surface area contributed by atoms with E-state index in [0.717, 1.165) is 5.56 Å². The van der Waals surface area contributed by atoms with Gasteiger partial charge in [-0.1, -0.05) is 30.3 Å². The Morgan fingerprint density at radius 1 is 1.22 bits per heavy atom. The Kier molecular flexibility index (Phi) is 2.53. The summed E-state index contributed by atoms with van der Waals surface area (Å²) in [5.41, 5.74) is 3.86. The molecule has 4 nitrogen and oxygen atoms in total. The monoisotopic (exact) mass is 256 g/mol. The molecule has 0 spiro atoms. The smallest absolute Gasteiger partial charge is 0.337 e. The van der Waals surface area contributed by atoms with E-state index in [1.54, 1.807) is 11.6 Å². The maximum absolute atomic E-state index is 11.2. The summed E-state index contributed by atoms with van der Waals surface area (Å²) in [6.45, 7) is 0. The van der Waals surface area contributed by atoms with Gasteiger partial charge in [0.05, 0.1) is 21.5 Å². The second-order valence-corrected chi connectivity index (χ2v) is 4.59. The predicted molar refractivity (Wildman–Crippen MR) is 69.8 cm³/mol. The summed E-state index contributed by atoms with van der Waals surface area (Å²) >= 11 is 1.29. The molecule has 0 saturated carbocycles. The Bertz CT molecular complexity index is 722. The number of carboxylic acids is 1. The topological polar surface area (TPSA) is 63.1 Å². The van der Waals surface area contributed by atoms with Gasteiger partial charge in [-0.05, 0) is 6.07 Å². The van der Waals surface area contributed by atoms with Crippen LogP contribution in [-0.2, 0) is 0 Å². The number of aromatic carboxylic acids is 1. The molecule has 18 heavy (non-hydrogen) atoms. The molecule has 5 heteroatoms. The first kappa shape index (κ1) is 10.9. The van der Waals surface area contributed by atoms with Gasteiger partial charge in [-0.2, -0.15) is 0 Å². The molecule has 2 aromatic heterocycles. The minimum Gasteiger partial charge on any atom is -0.478 e. The number of carbonyl (C=O) groups is 1. The molecule has 3 aromatic rings. The van der Waals surface area contributed by atoms with Gasteiger partial charge in [-0.25, -0.2) is 14.8 Å². The highest BCUT2D eigenvalue weighted by Gasteiger charge is 2.14. The van der Waals surface area contributed by atoms with Crippen LogP contribution in [0.25, 0.3) is 21.6 Å². The number of rotatable bonds is 2. The zero-order chi connectivity index (χ0) is 12.5. The molecule has 0 aliphatic rings. The van der Waals surface area contributed by atoms with E-state index in [-0.39, 0.29) is 5.56 Å². The van der Waals surface area contributed by atoms with Crippen molar-refractivity contribution in [2.75, 3.05) is 0 Å². The van der Waals surface area contributed by atoms with Crippen molar-refractivity contribution in [1.82, 2.24) is 9.97 Å². The molecule has 0 saturated heterocycles. The van der Waals surface area contributed by atoms with Gasteiger partial charge in [0.25, 0.3) is 0 Å². The lowest BCUT2D eigenvalue weighted by Gasteiger charge is -2.03. The molecule has 3 rings (SSSR count). The third-order valence-electron chi connectivity index (χ3n) is 2.60. The molecule has 1 aromatic carbocycles. The molecule has 0 radical (unpaired) electrons. The van der Waals surface area contributed by atoms with Crippen molar-refractivity contribution in [3.8, 4) is 11.3 Å². The van der Waals surface area contributed by atoms with Crippen LogP contribution in [0.4, 0.5) is 0 Å². The van der Waals surface area contributed by atoms with E-state index in [2.05, 4.69) is 9.97 Å². The quantitative estimate of drug-likeness (QED) is 0.765. The Hall–Kier alpha value is -2.27.